The Morgan fingerprint density at radius 2 is 1.08 bits per heavy atom. The standard InChI is InChI=1S/C32H48N6.Eu/c1-7-27-19-33-22(3)29-10-9-13-32(38-29)25(6)36-28(18-26-16-14-21(2)15-17-26)20-34-23(4)30-11-8-12-31(37-30)24(5)35-27;/h14-17,27-32H,7-13,18-20H2,1-6H3;/q-2;+2/t27-,28-,29?,30?,31?,32?;/m0./s1. The van der Waals surface area contributed by atoms with E-state index in [4.69, 9.17) is 30.6 Å². The Kier molecular flexibility index (Phi) is 13.6. The minimum atomic E-state index is 0. The fourth-order valence-corrected chi connectivity index (χ4v) is 5.87. The van der Waals surface area contributed by atoms with Gasteiger partial charge in [0.05, 0.1) is 25.2 Å². The van der Waals surface area contributed by atoms with E-state index in [1.165, 1.54) is 17.5 Å². The van der Waals surface area contributed by atoms with Crippen molar-refractivity contribution < 1.29 is 49.4 Å². The summed E-state index contributed by atoms with van der Waals surface area (Å²) < 4.78 is 0. The van der Waals surface area contributed by atoms with Gasteiger partial charge >= 0.3 is 49.4 Å². The number of aryl methyl sites for hydroxylation is 1. The molecule has 1 aromatic rings. The first kappa shape index (κ1) is 32.9. The number of nitrogens with zero attached hydrogens (tertiary/aromatic N) is 6. The SMILES string of the molecule is CC[C@H]1CN=C(C)C2CCCC([N-]2)C(C)=N[C@@H](Cc2ccc(C)cc2)CN=C(C)C2CCCC([N-]2)C(C)=N1.[Eu+2]. The normalized spacial score (nSPS) is 30.9. The van der Waals surface area contributed by atoms with Crippen LogP contribution in [0.25, 0.3) is 10.6 Å². The Labute approximate surface area is 278 Å². The van der Waals surface area contributed by atoms with Gasteiger partial charge in [0.25, 0.3) is 0 Å². The maximum Gasteiger partial charge on any atom is 2.00 e. The van der Waals surface area contributed by atoms with Gasteiger partial charge in [0.15, 0.2) is 0 Å². The fraction of sp³-hybridized carbons (Fsp3) is 0.688. The molecule has 3 aliphatic heterocycles. The van der Waals surface area contributed by atoms with Crippen molar-refractivity contribution in [1.29, 1.82) is 0 Å². The third kappa shape index (κ3) is 9.73. The van der Waals surface area contributed by atoms with Crippen molar-refractivity contribution in [2.75, 3.05) is 13.1 Å². The van der Waals surface area contributed by atoms with E-state index in [1.54, 1.807) is 0 Å². The van der Waals surface area contributed by atoms with Crippen molar-refractivity contribution in [3.05, 3.63) is 46.0 Å². The number of rotatable bonds is 3. The number of piperidine rings is 2. The van der Waals surface area contributed by atoms with Crippen LogP contribution < -0.4 is 0 Å². The van der Waals surface area contributed by atoms with Crippen LogP contribution in [0.4, 0.5) is 0 Å². The van der Waals surface area contributed by atoms with Crippen LogP contribution in [-0.4, -0.2) is 72.2 Å². The summed E-state index contributed by atoms with van der Waals surface area (Å²) in [5.41, 5.74) is 7.18. The molecular weight excluding hydrogens is 620 g/mol. The first-order valence-electron chi connectivity index (χ1n) is 14.9. The second-order valence-corrected chi connectivity index (χ2v) is 11.6. The molecular formula is C32H48EuN6. The van der Waals surface area contributed by atoms with Crippen LogP contribution in [0.5, 0.6) is 0 Å². The molecule has 0 aromatic heterocycles. The van der Waals surface area contributed by atoms with Crippen molar-refractivity contribution in [3.8, 4) is 0 Å². The maximum atomic E-state index is 5.28. The minimum absolute atomic E-state index is 0. The molecule has 1 aromatic carbocycles. The second kappa shape index (κ2) is 16.1. The molecule has 0 spiro atoms. The Bertz CT molecular complexity index is 1040. The average Bonchev–Trinajstić information content (AvgIpc) is 2.94. The largest absolute Gasteiger partial charge is 2.00 e. The first-order chi connectivity index (χ1) is 18.3. The zero-order valence-electron chi connectivity index (χ0n) is 24.9. The number of hydrogen-bond acceptors (Lipinski definition) is 4. The summed E-state index contributed by atoms with van der Waals surface area (Å²) in [5, 5.41) is 10.5. The minimum Gasteiger partial charge on any atom is -0.647 e. The van der Waals surface area contributed by atoms with Gasteiger partial charge < -0.3 is 10.6 Å². The van der Waals surface area contributed by atoms with Crippen molar-refractivity contribution >= 4 is 22.8 Å². The summed E-state index contributed by atoms with van der Waals surface area (Å²) in [6.45, 7) is 14.4. The van der Waals surface area contributed by atoms with E-state index in [0.29, 0.717) is 6.54 Å². The molecule has 2 saturated heterocycles. The number of fused-ring (bicyclic) bond motifs is 4. The summed E-state index contributed by atoms with van der Waals surface area (Å²) in [6, 6.07) is 9.88. The first-order valence-corrected chi connectivity index (χ1v) is 14.9. The molecule has 3 heterocycles. The van der Waals surface area contributed by atoms with Crippen molar-refractivity contribution in [3.63, 3.8) is 0 Å². The molecule has 3 aliphatic rings. The average molecular weight is 669 g/mol. The predicted octanol–water partition coefficient (Wildman–Crippen LogP) is 7.13. The van der Waals surface area contributed by atoms with Gasteiger partial charge in [-0.15, -0.1) is 0 Å². The van der Waals surface area contributed by atoms with E-state index in [-0.39, 0.29) is 85.6 Å². The van der Waals surface area contributed by atoms with E-state index >= 15 is 0 Å². The van der Waals surface area contributed by atoms with Crippen LogP contribution in [0.3, 0.4) is 0 Å². The van der Waals surface area contributed by atoms with Gasteiger partial charge in [-0.2, -0.15) is 0 Å². The number of benzene rings is 1. The third-order valence-electron chi connectivity index (χ3n) is 8.50. The predicted molar refractivity (Wildman–Crippen MR) is 164 cm³/mol. The van der Waals surface area contributed by atoms with Crippen LogP contribution in [0, 0.1) is 56.3 Å². The van der Waals surface area contributed by atoms with Crippen LogP contribution in [0.2, 0.25) is 0 Å². The van der Waals surface area contributed by atoms with E-state index in [0.717, 1.165) is 74.3 Å². The molecule has 2 fully saturated rings. The molecule has 213 valence electrons. The molecule has 1 radical (unpaired) electrons. The molecule has 0 amide bonds. The summed E-state index contributed by atoms with van der Waals surface area (Å²) in [7, 11) is 0. The van der Waals surface area contributed by atoms with E-state index in [1.807, 2.05) is 0 Å². The van der Waals surface area contributed by atoms with Crippen molar-refractivity contribution in [2.45, 2.75) is 129 Å². The van der Waals surface area contributed by atoms with E-state index in [9.17, 15) is 0 Å². The summed E-state index contributed by atoms with van der Waals surface area (Å²) >= 11 is 0. The molecule has 0 N–H and O–H groups in total. The third-order valence-corrected chi connectivity index (χ3v) is 8.50. The molecule has 0 saturated carbocycles. The van der Waals surface area contributed by atoms with Gasteiger partial charge in [0, 0.05) is 0 Å². The fourth-order valence-electron chi connectivity index (χ4n) is 5.87. The maximum absolute atomic E-state index is 5.28. The van der Waals surface area contributed by atoms with E-state index < -0.39 is 0 Å². The Morgan fingerprint density at radius 1 is 0.641 bits per heavy atom. The van der Waals surface area contributed by atoms with Crippen LogP contribution >= 0.6 is 0 Å². The Morgan fingerprint density at radius 3 is 1.56 bits per heavy atom. The van der Waals surface area contributed by atoms with Crippen LogP contribution in [0.15, 0.2) is 44.2 Å². The zero-order valence-corrected chi connectivity index (χ0v) is 27.3. The molecule has 4 bridgehead atoms. The summed E-state index contributed by atoms with van der Waals surface area (Å²) in [5.74, 6) is 0. The van der Waals surface area contributed by atoms with Gasteiger partial charge in [-0.1, -0.05) is 99.4 Å². The van der Waals surface area contributed by atoms with Crippen LogP contribution in [-0.2, 0) is 6.42 Å². The number of hydrogen-bond donors (Lipinski definition) is 0. The van der Waals surface area contributed by atoms with E-state index in [2.05, 4.69) is 65.8 Å². The summed E-state index contributed by atoms with van der Waals surface area (Å²) in [4.78, 5) is 20.5. The zero-order chi connectivity index (χ0) is 27.1. The van der Waals surface area contributed by atoms with Gasteiger partial charge in [0.2, 0.25) is 0 Å². The van der Waals surface area contributed by atoms with Crippen molar-refractivity contribution in [1.82, 2.24) is 0 Å². The molecule has 6 nitrogen and oxygen atoms in total. The van der Waals surface area contributed by atoms with Crippen molar-refractivity contribution in [2.24, 2.45) is 20.0 Å². The van der Waals surface area contributed by atoms with Gasteiger partial charge in [-0.3, -0.25) is 20.0 Å². The number of aliphatic imine (C=N–C) groups is 4. The Hall–Kier alpha value is -0.596. The van der Waals surface area contributed by atoms with Crippen LogP contribution in [0.1, 0.15) is 90.7 Å². The molecule has 0 aliphatic carbocycles. The molecule has 7 heteroatoms. The smallest absolute Gasteiger partial charge is 0.647 e. The second-order valence-electron chi connectivity index (χ2n) is 11.6. The van der Waals surface area contributed by atoms with Gasteiger partial charge in [0.1, 0.15) is 0 Å². The topological polar surface area (TPSA) is 77.6 Å². The summed E-state index contributed by atoms with van der Waals surface area (Å²) in [6.07, 6.45) is 8.52. The molecule has 4 unspecified atom stereocenters. The quantitative estimate of drug-likeness (QED) is 0.329. The monoisotopic (exact) mass is 669 g/mol. The Balaban J connectivity index is 0.00000420. The molecule has 4 rings (SSSR count). The van der Waals surface area contributed by atoms with Gasteiger partial charge in [-0.05, 0) is 75.9 Å². The van der Waals surface area contributed by atoms with Gasteiger partial charge in [-0.25, -0.2) is 0 Å². The molecule has 39 heavy (non-hydrogen) atoms. The molecule has 6 atom stereocenters.